The van der Waals surface area contributed by atoms with Crippen molar-refractivity contribution in [2.24, 2.45) is 5.41 Å². The summed E-state index contributed by atoms with van der Waals surface area (Å²) in [4.78, 5) is 0. The third kappa shape index (κ3) is 3.18. The molecule has 1 aromatic carbocycles. The van der Waals surface area contributed by atoms with Crippen molar-refractivity contribution in [3.05, 3.63) is 35.4 Å². The molecule has 0 fully saturated rings. The van der Waals surface area contributed by atoms with Crippen molar-refractivity contribution in [1.29, 1.82) is 0 Å². The maximum absolute atomic E-state index is 5.78. The summed E-state index contributed by atoms with van der Waals surface area (Å²) in [6.07, 6.45) is 1.15. The Morgan fingerprint density at radius 3 is 2.68 bits per heavy atom. The van der Waals surface area contributed by atoms with E-state index < -0.39 is 0 Å². The van der Waals surface area contributed by atoms with Gasteiger partial charge in [0, 0.05) is 19.2 Å². The molecule has 1 aliphatic carbocycles. The topological polar surface area (TPSA) is 21.3 Å². The predicted molar refractivity (Wildman–Crippen MR) is 80.4 cm³/mol. The molecule has 0 spiro atoms. The minimum absolute atomic E-state index is 0.109. The third-order valence-corrected chi connectivity index (χ3v) is 4.06. The van der Waals surface area contributed by atoms with Crippen LogP contribution in [0.15, 0.2) is 24.3 Å². The second kappa shape index (κ2) is 5.26. The number of hydrogen-bond acceptors (Lipinski definition) is 2. The Morgan fingerprint density at radius 1 is 1.32 bits per heavy atom. The summed E-state index contributed by atoms with van der Waals surface area (Å²) in [5, 5.41) is 3.73. The van der Waals surface area contributed by atoms with Crippen molar-refractivity contribution in [2.45, 2.75) is 52.7 Å². The fourth-order valence-corrected chi connectivity index (χ4v) is 3.17. The van der Waals surface area contributed by atoms with Crippen LogP contribution in [-0.4, -0.2) is 18.8 Å². The lowest BCUT2D eigenvalue weighted by atomic mass is 9.85. The first-order valence-electron chi connectivity index (χ1n) is 7.31. The smallest absolute Gasteiger partial charge is 0.0750 e. The van der Waals surface area contributed by atoms with Crippen LogP contribution in [0, 0.1) is 5.41 Å². The molecule has 0 aliphatic heterocycles. The molecule has 106 valence electrons. The average Bonchev–Trinajstić information content (AvgIpc) is 2.56. The van der Waals surface area contributed by atoms with Crippen molar-refractivity contribution < 1.29 is 4.74 Å². The Kier molecular flexibility index (Phi) is 4.03. The molecule has 0 saturated carbocycles. The van der Waals surface area contributed by atoms with E-state index in [-0.39, 0.29) is 11.0 Å². The molecular weight excluding hydrogens is 234 g/mol. The maximum Gasteiger partial charge on any atom is 0.0750 e. The standard InChI is InChI=1S/C17H27NO/c1-6-19-17(4,5)12-18-15-14-10-8-7-9-13(14)11-16(15,2)3/h7-10,15,18H,6,11-12H2,1-5H3. The van der Waals surface area contributed by atoms with Crippen molar-refractivity contribution in [1.82, 2.24) is 5.32 Å². The number of rotatable bonds is 5. The van der Waals surface area contributed by atoms with Crippen LogP contribution >= 0.6 is 0 Å². The van der Waals surface area contributed by atoms with Crippen LogP contribution in [0.4, 0.5) is 0 Å². The zero-order valence-electron chi connectivity index (χ0n) is 12.9. The van der Waals surface area contributed by atoms with Gasteiger partial charge in [0.25, 0.3) is 0 Å². The first kappa shape index (κ1) is 14.5. The molecule has 1 aromatic rings. The fourth-order valence-electron chi connectivity index (χ4n) is 3.17. The van der Waals surface area contributed by atoms with Crippen LogP contribution in [0.2, 0.25) is 0 Å². The normalized spacial score (nSPS) is 21.4. The lowest BCUT2D eigenvalue weighted by molar-refractivity contribution is -0.0130. The minimum Gasteiger partial charge on any atom is -0.375 e. The molecule has 2 rings (SSSR count). The Morgan fingerprint density at radius 2 is 2.00 bits per heavy atom. The monoisotopic (exact) mass is 261 g/mol. The van der Waals surface area contributed by atoms with E-state index in [1.807, 2.05) is 0 Å². The highest BCUT2D eigenvalue weighted by Gasteiger charge is 2.39. The highest BCUT2D eigenvalue weighted by molar-refractivity contribution is 5.37. The summed E-state index contributed by atoms with van der Waals surface area (Å²) in [6, 6.07) is 9.22. The van der Waals surface area contributed by atoms with Gasteiger partial charge in [0.1, 0.15) is 0 Å². The molecule has 0 radical (unpaired) electrons. The molecule has 0 amide bonds. The maximum atomic E-state index is 5.78. The van der Waals surface area contributed by atoms with Gasteiger partial charge in [-0.2, -0.15) is 0 Å². The van der Waals surface area contributed by atoms with E-state index in [1.54, 1.807) is 0 Å². The largest absolute Gasteiger partial charge is 0.375 e. The van der Waals surface area contributed by atoms with Gasteiger partial charge in [0.2, 0.25) is 0 Å². The number of nitrogens with one attached hydrogen (secondary N) is 1. The average molecular weight is 261 g/mol. The molecule has 1 N–H and O–H groups in total. The van der Waals surface area contributed by atoms with E-state index >= 15 is 0 Å². The van der Waals surface area contributed by atoms with E-state index in [4.69, 9.17) is 4.74 Å². The Balaban J connectivity index is 2.11. The predicted octanol–water partition coefficient (Wildman–Crippen LogP) is 3.71. The third-order valence-electron chi connectivity index (χ3n) is 4.06. The van der Waals surface area contributed by atoms with Gasteiger partial charge >= 0.3 is 0 Å². The summed E-state index contributed by atoms with van der Waals surface area (Å²) in [7, 11) is 0. The van der Waals surface area contributed by atoms with E-state index in [0.717, 1.165) is 19.6 Å². The number of fused-ring (bicyclic) bond motifs is 1. The second-order valence-corrected chi connectivity index (χ2v) is 6.87. The van der Waals surface area contributed by atoms with Crippen LogP contribution in [0.25, 0.3) is 0 Å². The van der Waals surface area contributed by atoms with Gasteiger partial charge in [-0.3, -0.25) is 0 Å². The first-order valence-corrected chi connectivity index (χ1v) is 7.31. The van der Waals surface area contributed by atoms with Gasteiger partial charge in [-0.1, -0.05) is 38.1 Å². The molecule has 1 atom stereocenters. The lowest BCUT2D eigenvalue weighted by Crippen LogP contribution is -2.42. The lowest BCUT2D eigenvalue weighted by Gasteiger charge is -2.33. The van der Waals surface area contributed by atoms with E-state index in [0.29, 0.717) is 6.04 Å². The van der Waals surface area contributed by atoms with Gasteiger partial charge in [-0.15, -0.1) is 0 Å². The summed E-state index contributed by atoms with van der Waals surface area (Å²) < 4.78 is 5.78. The van der Waals surface area contributed by atoms with Gasteiger partial charge in [0.15, 0.2) is 0 Å². The van der Waals surface area contributed by atoms with Crippen LogP contribution in [-0.2, 0) is 11.2 Å². The Hall–Kier alpha value is -0.860. The number of benzene rings is 1. The van der Waals surface area contributed by atoms with Gasteiger partial charge in [0.05, 0.1) is 5.60 Å². The van der Waals surface area contributed by atoms with Crippen molar-refractivity contribution in [3.63, 3.8) is 0 Å². The summed E-state index contributed by atoms with van der Waals surface area (Å²) >= 11 is 0. The SMILES string of the molecule is CCOC(C)(C)CNC1c2ccccc2CC1(C)C. The van der Waals surface area contributed by atoms with E-state index in [2.05, 4.69) is 64.2 Å². The molecule has 1 aliphatic rings. The first-order chi connectivity index (χ1) is 8.86. The molecule has 0 heterocycles. The quantitative estimate of drug-likeness (QED) is 0.872. The molecule has 0 bridgehead atoms. The van der Waals surface area contributed by atoms with Crippen LogP contribution in [0.5, 0.6) is 0 Å². The molecule has 0 aromatic heterocycles. The minimum atomic E-state index is -0.109. The Bertz CT molecular complexity index is 437. The van der Waals surface area contributed by atoms with Crippen LogP contribution in [0.1, 0.15) is 51.8 Å². The van der Waals surface area contributed by atoms with Gasteiger partial charge in [-0.05, 0) is 43.7 Å². The second-order valence-electron chi connectivity index (χ2n) is 6.87. The van der Waals surface area contributed by atoms with Gasteiger partial charge < -0.3 is 10.1 Å². The van der Waals surface area contributed by atoms with Crippen molar-refractivity contribution in [2.75, 3.05) is 13.2 Å². The molecule has 2 nitrogen and oxygen atoms in total. The molecule has 0 saturated heterocycles. The number of hydrogen-bond donors (Lipinski definition) is 1. The molecular formula is C17H27NO. The van der Waals surface area contributed by atoms with Crippen molar-refractivity contribution >= 4 is 0 Å². The number of ether oxygens (including phenoxy) is 1. The van der Waals surface area contributed by atoms with Crippen molar-refractivity contribution in [3.8, 4) is 0 Å². The zero-order valence-corrected chi connectivity index (χ0v) is 12.9. The van der Waals surface area contributed by atoms with E-state index in [1.165, 1.54) is 11.1 Å². The van der Waals surface area contributed by atoms with Gasteiger partial charge in [-0.25, -0.2) is 0 Å². The Labute approximate surface area is 117 Å². The zero-order chi connectivity index (χ0) is 14.1. The van der Waals surface area contributed by atoms with Crippen LogP contribution < -0.4 is 5.32 Å². The summed E-state index contributed by atoms with van der Waals surface area (Å²) in [5.74, 6) is 0. The molecule has 1 unspecified atom stereocenters. The van der Waals surface area contributed by atoms with E-state index in [9.17, 15) is 0 Å². The summed E-state index contributed by atoms with van der Waals surface area (Å²) in [5.41, 5.74) is 3.10. The molecule has 2 heteroatoms. The summed E-state index contributed by atoms with van der Waals surface area (Å²) in [6.45, 7) is 12.7. The fraction of sp³-hybridized carbons (Fsp3) is 0.647. The highest BCUT2D eigenvalue weighted by Crippen LogP contribution is 2.45. The highest BCUT2D eigenvalue weighted by atomic mass is 16.5. The van der Waals surface area contributed by atoms with Crippen LogP contribution in [0.3, 0.4) is 0 Å². The molecule has 19 heavy (non-hydrogen) atoms.